The van der Waals surface area contributed by atoms with Gasteiger partial charge in [0.05, 0.1) is 30.7 Å². The minimum atomic E-state index is -1.33. The van der Waals surface area contributed by atoms with Crippen LogP contribution in [0.5, 0.6) is 11.5 Å². The minimum absolute atomic E-state index is 0.154. The molecule has 0 bridgehead atoms. The summed E-state index contributed by atoms with van der Waals surface area (Å²) >= 11 is 0. The Labute approximate surface area is 203 Å². The molecule has 5 rings (SSSR count). The molecule has 182 valence electrons. The molecule has 3 aromatic carbocycles. The van der Waals surface area contributed by atoms with Gasteiger partial charge < -0.3 is 14.4 Å². The molecule has 3 amide bonds. The molecule has 2 heterocycles. The highest BCUT2D eigenvalue weighted by Gasteiger charge is 2.59. The van der Waals surface area contributed by atoms with E-state index >= 15 is 0 Å². The predicted molar refractivity (Wildman–Crippen MR) is 124 cm³/mol. The van der Waals surface area contributed by atoms with Crippen molar-refractivity contribution in [2.45, 2.75) is 12.1 Å². The van der Waals surface area contributed by atoms with Crippen LogP contribution < -0.4 is 14.4 Å². The predicted octanol–water partition coefficient (Wildman–Crippen LogP) is 3.50. The summed E-state index contributed by atoms with van der Waals surface area (Å²) in [6, 6.07) is 11.5. The van der Waals surface area contributed by atoms with Gasteiger partial charge in [-0.3, -0.25) is 29.4 Å². The molecule has 0 saturated carbocycles. The molecule has 0 N–H and O–H groups in total. The molecule has 0 spiro atoms. The fourth-order valence-electron chi connectivity index (χ4n) is 4.68. The number of rotatable bonds is 6. The molecule has 0 aliphatic carbocycles. The van der Waals surface area contributed by atoms with Crippen molar-refractivity contribution in [1.29, 1.82) is 0 Å². The first kappa shape index (κ1) is 23.0. The van der Waals surface area contributed by atoms with Crippen LogP contribution in [0, 0.1) is 15.9 Å². The summed E-state index contributed by atoms with van der Waals surface area (Å²) in [6.45, 7) is 0. The van der Waals surface area contributed by atoms with Gasteiger partial charge in [-0.2, -0.15) is 0 Å². The van der Waals surface area contributed by atoms with E-state index in [2.05, 4.69) is 0 Å². The van der Waals surface area contributed by atoms with Crippen LogP contribution in [0.2, 0.25) is 0 Å². The molecular weight excluding hydrogens is 473 g/mol. The van der Waals surface area contributed by atoms with Crippen molar-refractivity contribution in [2.24, 2.45) is 0 Å². The summed E-state index contributed by atoms with van der Waals surface area (Å²) in [5.41, 5.74) is -0.284. The number of β-lactam (4-membered cyclic amide) rings is 1. The summed E-state index contributed by atoms with van der Waals surface area (Å²) < 4.78 is 24.4. The first-order valence-electron chi connectivity index (χ1n) is 10.7. The molecule has 2 aliphatic rings. The van der Waals surface area contributed by atoms with E-state index < -0.39 is 46.2 Å². The van der Waals surface area contributed by atoms with E-state index in [-0.39, 0.29) is 11.1 Å². The molecule has 11 heteroatoms. The number of amides is 3. The number of carbonyl (C=O) groups is 3. The lowest BCUT2D eigenvalue weighted by Gasteiger charge is -2.50. The fraction of sp³-hybridized carbons (Fsp3) is 0.160. The maximum atomic E-state index is 13.6. The second-order valence-electron chi connectivity index (χ2n) is 8.12. The van der Waals surface area contributed by atoms with Gasteiger partial charge in [-0.05, 0) is 48.5 Å². The number of nitro benzene ring substituents is 1. The van der Waals surface area contributed by atoms with Crippen LogP contribution >= 0.6 is 0 Å². The summed E-state index contributed by atoms with van der Waals surface area (Å²) in [6.07, 6.45) is 0. The molecule has 0 unspecified atom stereocenters. The smallest absolute Gasteiger partial charge is 0.282 e. The third kappa shape index (κ3) is 3.28. The van der Waals surface area contributed by atoms with Crippen LogP contribution in [0.25, 0.3) is 0 Å². The van der Waals surface area contributed by atoms with Gasteiger partial charge in [0.1, 0.15) is 28.9 Å². The number of methoxy groups -OCH3 is 2. The zero-order valence-corrected chi connectivity index (χ0v) is 19.0. The summed E-state index contributed by atoms with van der Waals surface area (Å²) in [4.78, 5) is 53.1. The maximum Gasteiger partial charge on any atom is 0.282 e. The maximum absolute atomic E-state index is 13.6. The van der Waals surface area contributed by atoms with Crippen molar-refractivity contribution < 1.29 is 33.2 Å². The number of halogens is 1. The normalized spacial score (nSPS) is 18.7. The molecule has 0 aromatic heterocycles. The molecule has 36 heavy (non-hydrogen) atoms. The topological polar surface area (TPSA) is 119 Å². The standard InChI is InChI=1S/C25H18FN3O7/c1-35-15-10-11-19(36-2)17(12-15)21-22(25(32)27(21)14-8-6-13(26)7-9-14)28-23(30)16-4-3-5-18(29(33)34)20(16)24(28)31/h3-12,21-22H,1-2H3/t21-,22+/m1/s1. The number of hydrogen-bond donors (Lipinski definition) is 0. The van der Waals surface area contributed by atoms with Gasteiger partial charge in [0.25, 0.3) is 23.4 Å². The first-order chi connectivity index (χ1) is 17.3. The Balaban J connectivity index is 1.66. The Bertz CT molecular complexity index is 1440. The molecule has 1 saturated heterocycles. The summed E-state index contributed by atoms with van der Waals surface area (Å²) in [7, 11) is 2.88. The molecule has 2 aliphatic heterocycles. The van der Waals surface area contributed by atoms with Crippen molar-refractivity contribution in [3.8, 4) is 11.5 Å². The quantitative estimate of drug-likeness (QED) is 0.224. The number of carbonyl (C=O) groups excluding carboxylic acids is 3. The zero-order chi connectivity index (χ0) is 25.7. The fourth-order valence-corrected chi connectivity index (χ4v) is 4.68. The van der Waals surface area contributed by atoms with Crippen molar-refractivity contribution in [1.82, 2.24) is 4.90 Å². The van der Waals surface area contributed by atoms with Crippen LogP contribution in [0.4, 0.5) is 15.8 Å². The van der Waals surface area contributed by atoms with E-state index in [0.717, 1.165) is 11.0 Å². The Kier molecular flexibility index (Phi) is 5.39. The highest BCUT2D eigenvalue weighted by molar-refractivity contribution is 6.26. The van der Waals surface area contributed by atoms with Gasteiger partial charge >= 0.3 is 0 Å². The Hall–Kier alpha value is -4.80. The SMILES string of the molecule is COc1ccc(OC)c([C@@H]2[C@H](N3C(=O)c4cccc([N+](=O)[O-])c4C3=O)C(=O)N2c2ccc(F)cc2)c1. The average molecular weight is 491 g/mol. The minimum Gasteiger partial charge on any atom is -0.497 e. The number of fused-ring (bicyclic) bond motifs is 1. The van der Waals surface area contributed by atoms with Crippen molar-refractivity contribution in [3.63, 3.8) is 0 Å². The van der Waals surface area contributed by atoms with Crippen LogP contribution in [-0.4, -0.2) is 47.8 Å². The van der Waals surface area contributed by atoms with Crippen LogP contribution in [0.1, 0.15) is 32.3 Å². The molecular formula is C25H18FN3O7. The lowest BCUT2D eigenvalue weighted by Crippen LogP contribution is -2.67. The second-order valence-corrected chi connectivity index (χ2v) is 8.12. The van der Waals surface area contributed by atoms with Gasteiger partial charge in [-0.15, -0.1) is 0 Å². The summed E-state index contributed by atoms with van der Waals surface area (Å²) in [5, 5.41) is 11.5. The van der Waals surface area contributed by atoms with E-state index in [0.29, 0.717) is 22.7 Å². The third-order valence-electron chi connectivity index (χ3n) is 6.33. The van der Waals surface area contributed by atoms with Gasteiger partial charge in [0, 0.05) is 17.3 Å². The van der Waals surface area contributed by atoms with E-state index in [4.69, 9.17) is 9.47 Å². The largest absolute Gasteiger partial charge is 0.497 e. The highest BCUT2D eigenvalue weighted by atomic mass is 19.1. The van der Waals surface area contributed by atoms with Crippen molar-refractivity contribution in [3.05, 3.63) is 93.3 Å². The van der Waals surface area contributed by atoms with Gasteiger partial charge in [-0.1, -0.05) is 6.07 Å². The van der Waals surface area contributed by atoms with E-state index in [9.17, 15) is 28.9 Å². The molecule has 2 atom stereocenters. The number of nitro groups is 1. The van der Waals surface area contributed by atoms with Crippen LogP contribution in [0.15, 0.2) is 60.7 Å². The number of benzene rings is 3. The average Bonchev–Trinajstić information content (AvgIpc) is 3.13. The lowest BCUT2D eigenvalue weighted by molar-refractivity contribution is -0.385. The summed E-state index contributed by atoms with van der Waals surface area (Å²) in [5.74, 6) is -2.09. The van der Waals surface area contributed by atoms with Gasteiger partial charge in [0.2, 0.25) is 0 Å². The number of nitrogens with zero attached hydrogens (tertiary/aromatic N) is 3. The van der Waals surface area contributed by atoms with Gasteiger partial charge in [-0.25, -0.2) is 4.39 Å². The number of imide groups is 1. The molecule has 0 radical (unpaired) electrons. The zero-order valence-electron chi connectivity index (χ0n) is 19.0. The van der Waals surface area contributed by atoms with Crippen LogP contribution in [0.3, 0.4) is 0 Å². The van der Waals surface area contributed by atoms with Crippen LogP contribution in [-0.2, 0) is 4.79 Å². The molecule has 10 nitrogen and oxygen atoms in total. The Morgan fingerprint density at radius 2 is 1.61 bits per heavy atom. The molecule has 1 fully saturated rings. The lowest BCUT2D eigenvalue weighted by atomic mass is 9.85. The van der Waals surface area contributed by atoms with E-state index in [1.807, 2.05) is 0 Å². The van der Waals surface area contributed by atoms with E-state index in [1.165, 1.54) is 55.5 Å². The first-order valence-corrected chi connectivity index (χ1v) is 10.7. The Morgan fingerprint density at radius 3 is 2.25 bits per heavy atom. The number of hydrogen-bond acceptors (Lipinski definition) is 7. The van der Waals surface area contributed by atoms with E-state index in [1.54, 1.807) is 18.2 Å². The third-order valence-corrected chi connectivity index (χ3v) is 6.33. The van der Waals surface area contributed by atoms with Crippen molar-refractivity contribution in [2.75, 3.05) is 19.1 Å². The van der Waals surface area contributed by atoms with Crippen molar-refractivity contribution >= 4 is 29.1 Å². The highest BCUT2D eigenvalue weighted by Crippen LogP contribution is 2.48. The number of ether oxygens (including phenoxy) is 2. The second kappa shape index (κ2) is 8.45. The Morgan fingerprint density at radius 1 is 0.889 bits per heavy atom. The number of anilines is 1. The molecule has 3 aromatic rings. The van der Waals surface area contributed by atoms with Gasteiger partial charge in [0.15, 0.2) is 0 Å². The monoisotopic (exact) mass is 491 g/mol.